The lowest BCUT2D eigenvalue weighted by molar-refractivity contribution is 0.736. The van der Waals surface area contributed by atoms with Crippen LogP contribution in [0.4, 0.5) is 0 Å². The van der Waals surface area contributed by atoms with Crippen LogP contribution in [-0.2, 0) is 7.05 Å². The highest BCUT2D eigenvalue weighted by Crippen LogP contribution is 2.21. The first kappa shape index (κ1) is 9.96. The number of nitrogens with zero attached hydrogens (tertiary/aromatic N) is 4. The average molecular weight is 224 g/mol. The van der Waals surface area contributed by atoms with E-state index in [1.807, 2.05) is 37.5 Å². The highest BCUT2D eigenvalue weighted by molar-refractivity contribution is 5.80. The van der Waals surface area contributed by atoms with E-state index in [2.05, 4.69) is 28.3 Å². The zero-order valence-corrected chi connectivity index (χ0v) is 9.75. The summed E-state index contributed by atoms with van der Waals surface area (Å²) in [5.74, 6) is 0. The smallest absolute Gasteiger partial charge is 0.113 e. The molecule has 0 spiro atoms. The van der Waals surface area contributed by atoms with Gasteiger partial charge in [-0.2, -0.15) is 0 Å². The number of aromatic nitrogens is 4. The van der Waals surface area contributed by atoms with Gasteiger partial charge in [0.25, 0.3) is 0 Å². The minimum atomic E-state index is 0.897. The zero-order valence-electron chi connectivity index (χ0n) is 9.75. The third-order valence-electron chi connectivity index (χ3n) is 2.82. The topological polar surface area (TPSA) is 43.6 Å². The molecule has 1 aromatic carbocycles. The predicted octanol–water partition coefficient (Wildman–Crippen LogP) is 2.34. The molecule has 0 saturated heterocycles. The van der Waals surface area contributed by atoms with Crippen LogP contribution in [0.5, 0.6) is 0 Å². The maximum atomic E-state index is 4.37. The maximum absolute atomic E-state index is 4.37. The Morgan fingerprint density at radius 2 is 2.00 bits per heavy atom. The van der Waals surface area contributed by atoms with Crippen molar-refractivity contribution in [2.24, 2.45) is 7.05 Å². The molecule has 0 aliphatic carbocycles. The summed E-state index contributed by atoms with van der Waals surface area (Å²) in [5.41, 5.74) is 5.17. The van der Waals surface area contributed by atoms with Crippen molar-refractivity contribution in [2.45, 2.75) is 6.92 Å². The Balaban J connectivity index is 2.18. The minimum absolute atomic E-state index is 0.897. The molecule has 0 bridgehead atoms. The van der Waals surface area contributed by atoms with E-state index in [4.69, 9.17) is 0 Å². The molecule has 0 N–H and O–H groups in total. The number of rotatable bonds is 1. The Morgan fingerprint density at radius 1 is 1.12 bits per heavy atom. The van der Waals surface area contributed by atoms with Crippen molar-refractivity contribution >= 4 is 11.0 Å². The Labute approximate surface area is 98.9 Å². The Hall–Kier alpha value is -2.23. The number of benzene rings is 1. The Kier molecular flexibility index (Phi) is 2.14. The van der Waals surface area contributed by atoms with Gasteiger partial charge >= 0.3 is 0 Å². The molecule has 17 heavy (non-hydrogen) atoms. The number of hydrogen-bond donors (Lipinski definition) is 0. The van der Waals surface area contributed by atoms with Gasteiger partial charge in [-0.05, 0) is 36.8 Å². The summed E-state index contributed by atoms with van der Waals surface area (Å²) in [6, 6.07) is 10.1. The van der Waals surface area contributed by atoms with Crippen molar-refractivity contribution < 1.29 is 0 Å². The fourth-order valence-electron chi connectivity index (χ4n) is 1.89. The van der Waals surface area contributed by atoms with Crippen molar-refractivity contribution in [2.75, 3.05) is 0 Å². The summed E-state index contributed by atoms with van der Waals surface area (Å²) in [5, 5.41) is 8.11. The standard InChI is InChI=1S/C13H12N4/c1-9-5-6-14-11(7-9)10-3-4-13-12(8-10)15-16-17(13)2/h3-8H,1-2H3. The van der Waals surface area contributed by atoms with E-state index >= 15 is 0 Å². The average Bonchev–Trinajstić information content (AvgIpc) is 2.71. The van der Waals surface area contributed by atoms with Crippen molar-refractivity contribution in [1.82, 2.24) is 20.0 Å². The van der Waals surface area contributed by atoms with E-state index in [1.165, 1.54) is 5.56 Å². The highest BCUT2D eigenvalue weighted by Gasteiger charge is 2.04. The van der Waals surface area contributed by atoms with Gasteiger partial charge in [0.2, 0.25) is 0 Å². The second-order valence-electron chi connectivity index (χ2n) is 4.13. The van der Waals surface area contributed by atoms with Crippen LogP contribution >= 0.6 is 0 Å². The first-order valence-electron chi connectivity index (χ1n) is 5.46. The molecule has 0 aliphatic rings. The van der Waals surface area contributed by atoms with Gasteiger partial charge < -0.3 is 0 Å². The van der Waals surface area contributed by atoms with Gasteiger partial charge in [0.1, 0.15) is 5.52 Å². The second-order valence-corrected chi connectivity index (χ2v) is 4.13. The summed E-state index contributed by atoms with van der Waals surface area (Å²) >= 11 is 0. The molecule has 0 saturated carbocycles. The third-order valence-corrected chi connectivity index (χ3v) is 2.82. The molecule has 3 rings (SSSR count). The number of fused-ring (bicyclic) bond motifs is 1. The molecular formula is C13H12N4. The fraction of sp³-hybridized carbons (Fsp3) is 0.154. The van der Waals surface area contributed by atoms with Crippen molar-refractivity contribution in [3.8, 4) is 11.3 Å². The maximum Gasteiger partial charge on any atom is 0.113 e. The fourth-order valence-corrected chi connectivity index (χ4v) is 1.89. The SMILES string of the molecule is Cc1ccnc(-c2ccc3c(c2)nnn3C)c1. The lowest BCUT2D eigenvalue weighted by atomic mass is 10.1. The second kappa shape index (κ2) is 3.66. The van der Waals surface area contributed by atoms with Crippen LogP contribution in [0.25, 0.3) is 22.3 Å². The molecule has 0 fully saturated rings. The third kappa shape index (κ3) is 1.67. The molecule has 0 radical (unpaired) electrons. The molecule has 4 heteroatoms. The van der Waals surface area contributed by atoms with Crippen molar-refractivity contribution in [3.05, 3.63) is 42.1 Å². The highest BCUT2D eigenvalue weighted by atomic mass is 15.4. The molecule has 3 aromatic rings. The van der Waals surface area contributed by atoms with Crippen molar-refractivity contribution in [3.63, 3.8) is 0 Å². The van der Waals surface area contributed by atoms with E-state index in [-0.39, 0.29) is 0 Å². The molecule has 84 valence electrons. The van der Waals surface area contributed by atoms with E-state index in [1.54, 1.807) is 4.68 Å². The molecule has 0 amide bonds. The van der Waals surface area contributed by atoms with Crippen LogP contribution < -0.4 is 0 Å². The predicted molar refractivity (Wildman–Crippen MR) is 66.5 cm³/mol. The van der Waals surface area contributed by atoms with Crippen LogP contribution in [0, 0.1) is 6.92 Å². The first-order chi connectivity index (χ1) is 8.24. The normalized spacial score (nSPS) is 10.9. The molecule has 0 atom stereocenters. The van der Waals surface area contributed by atoms with Gasteiger partial charge in [-0.15, -0.1) is 5.10 Å². The monoisotopic (exact) mass is 224 g/mol. The van der Waals surface area contributed by atoms with Crippen LogP contribution in [-0.4, -0.2) is 20.0 Å². The first-order valence-corrected chi connectivity index (χ1v) is 5.46. The molecule has 0 unspecified atom stereocenters. The van der Waals surface area contributed by atoms with Crippen LogP contribution in [0.15, 0.2) is 36.5 Å². The van der Waals surface area contributed by atoms with Gasteiger partial charge in [0.05, 0.1) is 11.2 Å². The largest absolute Gasteiger partial charge is 0.256 e. The Bertz CT molecular complexity index is 685. The quantitative estimate of drug-likeness (QED) is 0.637. The van der Waals surface area contributed by atoms with Gasteiger partial charge in [0.15, 0.2) is 0 Å². The molecule has 2 aromatic heterocycles. The lowest BCUT2D eigenvalue weighted by Crippen LogP contribution is -1.89. The number of pyridine rings is 1. The molecule has 2 heterocycles. The minimum Gasteiger partial charge on any atom is -0.256 e. The van der Waals surface area contributed by atoms with E-state index < -0.39 is 0 Å². The van der Waals surface area contributed by atoms with Gasteiger partial charge in [-0.1, -0.05) is 11.3 Å². The van der Waals surface area contributed by atoms with Crippen LogP contribution in [0.1, 0.15) is 5.56 Å². The van der Waals surface area contributed by atoms with E-state index in [0.29, 0.717) is 0 Å². The summed E-state index contributed by atoms with van der Waals surface area (Å²) < 4.78 is 1.77. The van der Waals surface area contributed by atoms with E-state index in [9.17, 15) is 0 Å². The number of aryl methyl sites for hydroxylation is 2. The van der Waals surface area contributed by atoms with Gasteiger partial charge in [-0.3, -0.25) is 4.98 Å². The summed E-state index contributed by atoms with van der Waals surface area (Å²) in [6.07, 6.45) is 1.82. The Morgan fingerprint density at radius 3 is 2.82 bits per heavy atom. The number of hydrogen-bond acceptors (Lipinski definition) is 3. The van der Waals surface area contributed by atoms with Gasteiger partial charge in [0, 0.05) is 18.8 Å². The van der Waals surface area contributed by atoms with Crippen LogP contribution in [0.2, 0.25) is 0 Å². The summed E-state index contributed by atoms with van der Waals surface area (Å²) in [7, 11) is 1.89. The van der Waals surface area contributed by atoms with Crippen LogP contribution in [0.3, 0.4) is 0 Å². The summed E-state index contributed by atoms with van der Waals surface area (Å²) in [4.78, 5) is 4.37. The van der Waals surface area contributed by atoms with Gasteiger partial charge in [-0.25, -0.2) is 4.68 Å². The zero-order chi connectivity index (χ0) is 11.8. The molecule has 0 aliphatic heterocycles. The lowest BCUT2D eigenvalue weighted by Gasteiger charge is -2.01. The van der Waals surface area contributed by atoms with E-state index in [0.717, 1.165) is 22.3 Å². The van der Waals surface area contributed by atoms with Crippen molar-refractivity contribution in [1.29, 1.82) is 0 Å². The molecular weight excluding hydrogens is 212 g/mol. The molecule has 4 nitrogen and oxygen atoms in total. The summed E-state index contributed by atoms with van der Waals surface area (Å²) in [6.45, 7) is 2.06.